The van der Waals surface area contributed by atoms with E-state index in [-0.39, 0.29) is 5.60 Å². The Balaban J connectivity index is 1.52. The van der Waals surface area contributed by atoms with Crippen LogP contribution in [0.2, 0.25) is 0 Å². The minimum absolute atomic E-state index is 0.119. The fourth-order valence-electron chi connectivity index (χ4n) is 3.58. The summed E-state index contributed by atoms with van der Waals surface area (Å²) in [6.07, 6.45) is 3.54. The van der Waals surface area contributed by atoms with E-state index >= 15 is 0 Å². The molecule has 0 aromatic heterocycles. The van der Waals surface area contributed by atoms with Crippen molar-refractivity contribution < 1.29 is 14.2 Å². The van der Waals surface area contributed by atoms with Crippen LogP contribution in [0.15, 0.2) is 0 Å². The number of hydrogen-bond acceptors (Lipinski definition) is 4. The van der Waals surface area contributed by atoms with Gasteiger partial charge in [-0.1, -0.05) is 0 Å². The zero-order valence-corrected chi connectivity index (χ0v) is 11.4. The summed E-state index contributed by atoms with van der Waals surface area (Å²) in [5.41, 5.74) is 0.119. The van der Waals surface area contributed by atoms with Crippen molar-refractivity contribution in [3.8, 4) is 0 Å². The summed E-state index contributed by atoms with van der Waals surface area (Å²) in [6.45, 7) is 8.74. The molecular weight excluding hydrogens is 230 g/mol. The minimum atomic E-state index is 0.119. The molecule has 3 aliphatic rings. The third kappa shape index (κ3) is 2.31. The van der Waals surface area contributed by atoms with E-state index in [0.717, 1.165) is 52.2 Å². The van der Waals surface area contributed by atoms with E-state index in [0.29, 0.717) is 5.92 Å². The Morgan fingerprint density at radius 1 is 1.17 bits per heavy atom. The molecule has 0 radical (unpaired) electrons. The molecule has 104 valence electrons. The quantitative estimate of drug-likeness (QED) is 0.757. The molecule has 0 amide bonds. The van der Waals surface area contributed by atoms with Gasteiger partial charge in [0.1, 0.15) is 0 Å². The number of nitrogens with zero attached hydrogens (tertiary/aromatic N) is 1. The van der Waals surface area contributed by atoms with Crippen LogP contribution in [-0.4, -0.2) is 62.7 Å². The first-order valence-corrected chi connectivity index (χ1v) is 7.37. The largest absolute Gasteiger partial charge is 0.381 e. The standard InChI is InChI=1S/C14H25NO3/c1-2-16-9-12-3-8-18-14(12)10-15(11-14)13-4-6-17-7-5-13/h12-13H,2-11H2,1H3/t12-/m1/s1. The van der Waals surface area contributed by atoms with Crippen molar-refractivity contribution in [3.05, 3.63) is 0 Å². The summed E-state index contributed by atoms with van der Waals surface area (Å²) in [5.74, 6) is 0.605. The van der Waals surface area contributed by atoms with Crippen molar-refractivity contribution in [3.63, 3.8) is 0 Å². The van der Waals surface area contributed by atoms with Crippen molar-refractivity contribution >= 4 is 0 Å². The van der Waals surface area contributed by atoms with Gasteiger partial charge in [0.05, 0.1) is 12.2 Å². The molecule has 0 aliphatic carbocycles. The lowest BCUT2D eigenvalue weighted by Gasteiger charge is -2.54. The molecule has 0 N–H and O–H groups in total. The van der Waals surface area contributed by atoms with Crippen molar-refractivity contribution in [1.82, 2.24) is 4.90 Å². The Kier molecular flexibility index (Phi) is 3.89. The van der Waals surface area contributed by atoms with Crippen molar-refractivity contribution in [2.75, 3.05) is 46.1 Å². The molecule has 3 heterocycles. The van der Waals surface area contributed by atoms with Crippen molar-refractivity contribution in [2.24, 2.45) is 5.92 Å². The van der Waals surface area contributed by atoms with E-state index in [2.05, 4.69) is 11.8 Å². The third-order valence-electron chi connectivity index (χ3n) is 4.77. The predicted octanol–water partition coefficient (Wildman–Crippen LogP) is 1.29. The van der Waals surface area contributed by atoms with E-state index < -0.39 is 0 Å². The molecular formula is C14H25NO3. The second-order valence-electron chi connectivity index (χ2n) is 5.81. The monoisotopic (exact) mass is 255 g/mol. The first-order chi connectivity index (χ1) is 8.84. The Hall–Kier alpha value is -0.160. The third-order valence-corrected chi connectivity index (χ3v) is 4.77. The van der Waals surface area contributed by atoms with Crippen LogP contribution in [0.25, 0.3) is 0 Å². The first-order valence-electron chi connectivity index (χ1n) is 7.37. The molecule has 4 heteroatoms. The molecule has 1 spiro atoms. The second-order valence-corrected chi connectivity index (χ2v) is 5.81. The van der Waals surface area contributed by atoms with Crippen LogP contribution in [0.5, 0.6) is 0 Å². The molecule has 3 aliphatic heterocycles. The lowest BCUT2D eigenvalue weighted by Crippen LogP contribution is -2.68. The zero-order chi connectivity index (χ0) is 12.4. The Morgan fingerprint density at radius 3 is 2.67 bits per heavy atom. The summed E-state index contributed by atoms with van der Waals surface area (Å²) < 4.78 is 17.1. The SMILES string of the molecule is CCOC[C@H]1CCOC12CN(C1CCOCC1)C2. The van der Waals surface area contributed by atoms with Crippen LogP contribution in [0.3, 0.4) is 0 Å². The molecule has 0 aromatic carbocycles. The van der Waals surface area contributed by atoms with Gasteiger partial charge in [0, 0.05) is 51.5 Å². The van der Waals surface area contributed by atoms with Gasteiger partial charge in [-0.3, -0.25) is 4.90 Å². The van der Waals surface area contributed by atoms with Crippen LogP contribution in [0, 0.1) is 5.92 Å². The maximum absolute atomic E-state index is 6.05. The molecule has 4 nitrogen and oxygen atoms in total. The van der Waals surface area contributed by atoms with Crippen molar-refractivity contribution in [1.29, 1.82) is 0 Å². The van der Waals surface area contributed by atoms with Crippen LogP contribution in [-0.2, 0) is 14.2 Å². The molecule has 3 rings (SSSR count). The van der Waals surface area contributed by atoms with Crippen LogP contribution in [0.4, 0.5) is 0 Å². The number of ether oxygens (including phenoxy) is 3. The smallest absolute Gasteiger partial charge is 0.0985 e. The second kappa shape index (κ2) is 5.45. The maximum atomic E-state index is 6.05. The molecule has 0 unspecified atom stereocenters. The van der Waals surface area contributed by atoms with E-state index in [1.54, 1.807) is 0 Å². The average molecular weight is 255 g/mol. The normalized spacial score (nSPS) is 32.8. The van der Waals surface area contributed by atoms with Gasteiger partial charge in [-0.2, -0.15) is 0 Å². The highest BCUT2D eigenvalue weighted by molar-refractivity contribution is 5.06. The van der Waals surface area contributed by atoms with Gasteiger partial charge in [0.25, 0.3) is 0 Å². The Morgan fingerprint density at radius 2 is 1.94 bits per heavy atom. The summed E-state index contributed by atoms with van der Waals surface area (Å²) in [5, 5.41) is 0. The Bertz CT molecular complexity index is 272. The van der Waals surface area contributed by atoms with Gasteiger partial charge in [0.15, 0.2) is 0 Å². The first kappa shape index (κ1) is 12.9. The van der Waals surface area contributed by atoms with Gasteiger partial charge in [-0.05, 0) is 26.2 Å². The molecule has 3 saturated heterocycles. The van der Waals surface area contributed by atoms with Gasteiger partial charge >= 0.3 is 0 Å². The lowest BCUT2D eigenvalue weighted by molar-refractivity contribution is -0.163. The fraction of sp³-hybridized carbons (Fsp3) is 1.00. The minimum Gasteiger partial charge on any atom is -0.381 e. The van der Waals surface area contributed by atoms with Gasteiger partial charge in [0.2, 0.25) is 0 Å². The van der Waals surface area contributed by atoms with E-state index in [1.165, 1.54) is 19.3 Å². The highest BCUT2D eigenvalue weighted by Crippen LogP contribution is 2.41. The summed E-state index contributed by atoms with van der Waals surface area (Å²) >= 11 is 0. The Labute approximate surface area is 110 Å². The van der Waals surface area contributed by atoms with Gasteiger partial charge < -0.3 is 14.2 Å². The van der Waals surface area contributed by atoms with Crippen LogP contribution >= 0.6 is 0 Å². The highest BCUT2D eigenvalue weighted by Gasteiger charge is 2.54. The van der Waals surface area contributed by atoms with Gasteiger partial charge in [-0.15, -0.1) is 0 Å². The number of rotatable bonds is 4. The number of likely N-dealkylation sites (tertiary alicyclic amines) is 1. The van der Waals surface area contributed by atoms with Crippen LogP contribution in [0.1, 0.15) is 26.2 Å². The number of hydrogen-bond donors (Lipinski definition) is 0. The topological polar surface area (TPSA) is 30.9 Å². The lowest BCUT2D eigenvalue weighted by atomic mass is 9.79. The van der Waals surface area contributed by atoms with Gasteiger partial charge in [-0.25, -0.2) is 0 Å². The average Bonchev–Trinajstić information content (AvgIpc) is 2.79. The van der Waals surface area contributed by atoms with E-state index in [9.17, 15) is 0 Å². The zero-order valence-electron chi connectivity index (χ0n) is 11.4. The molecule has 3 fully saturated rings. The predicted molar refractivity (Wildman–Crippen MR) is 68.7 cm³/mol. The summed E-state index contributed by atoms with van der Waals surface area (Å²) in [7, 11) is 0. The molecule has 0 aromatic rings. The molecule has 0 bridgehead atoms. The fourth-order valence-corrected chi connectivity index (χ4v) is 3.58. The molecule has 0 saturated carbocycles. The van der Waals surface area contributed by atoms with E-state index in [4.69, 9.17) is 14.2 Å². The molecule has 1 atom stereocenters. The highest BCUT2D eigenvalue weighted by atomic mass is 16.5. The summed E-state index contributed by atoms with van der Waals surface area (Å²) in [4.78, 5) is 2.59. The van der Waals surface area contributed by atoms with E-state index in [1.807, 2.05) is 0 Å². The van der Waals surface area contributed by atoms with Crippen molar-refractivity contribution in [2.45, 2.75) is 37.8 Å². The summed E-state index contributed by atoms with van der Waals surface area (Å²) in [6, 6.07) is 0.723. The maximum Gasteiger partial charge on any atom is 0.0985 e. The van der Waals surface area contributed by atoms with Crippen LogP contribution < -0.4 is 0 Å². The molecule has 18 heavy (non-hydrogen) atoms.